The standard InChI is InChI=1S/C13H10N2O2.K/c16-13(17)10-6-8-12(9-7-10)15-14-11-4-2-1-3-5-11;/h1-9H,(H,16,17);/q;+1/p-1. The second kappa shape index (κ2) is 7.55. The fourth-order valence-electron chi connectivity index (χ4n) is 1.27. The van der Waals surface area contributed by atoms with E-state index in [4.69, 9.17) is 0 Å². The van der Waals surface area contributed by atoms with Crippen molar-refractivity contribution in [2.75, 3.05) is 0 Å². The summed E-state index contributed by atoms with van der Waals surface area (Å²) in [4.78, 5) is 10.5. The normalized spacial score (nSPS) is 10.0. The third-order valence-corrected chi connectivity index (χ3v) is 2.14. The summed E-state index contributed by atoms with van der Waals surface area (Å²) in [7, 11) is 0. The summed E-state index contributed by atoms with van der Waals surface area (Å²) in [6, 6.07) is 15.3. The predicted octanol–water partition coefficient (Wildman–Crippen LogP) is -0.531. The molecule has 0 amide bonds. The summed E-state index contributed by atoms with van der Waals surface area (Å²) >= 11 is 0. The van der Waals surface area contributed by atoms with Crippen LogP contribution < -0.4 is 56.5 Å². The Kier molecular flexibility index (Phi) is 6.38. The molecule has 0 saturated heterocycles. The van der Waals surface area contributed by atoms with Crippen LogP contribution in [0.4, 0.5) is 11.4 Å². The number of carbonyl (C=O) groups is 1. The van der Waals surface area contributed by atoms with Crippen LogP contribution in [0.25, 0.3) is 0 Å². The van der Waals surface area contributed by atoms with E-state index < -0.39 is 5.97 Å². The van der Waals surface area contributed by atoms with E-state index in [-0.39, 0.29) is 56.9 Å². The van der Waals surface area contributed by atoms with Crippen LogP contribution in [-0.2, 0) is 0 Å². The van der Waals surface area contributed by atoms with Gasteiger partial charge in [-0.2, -0.15) is 10.2 Å². The van der Waals surface area contributed by atoms with E-state index in [2.05, 4.69) is 10.2 Å². The summed E-state index contributed by atoms with van der Waals surface area (Å²) < 4.78 is 0. The predicted molar refractivity (Wildman–Crippen MR) is 61.4 cm³/mol. The zero-order chi connectivity index (χ0) is 12.1. The molecule has 0 N–H and O–H groups in total. The number of benzene rings is 2. The number of azo groups is 1. The smallest absolute Gasteiger partial charge is 0.545 e. The number of carbonyl (C=O) groups excluding carboxylic acids is 1. The number of rotatable bonds is 3. The molecule has 84 valence electrons. The molecule has 4 nitrogen and oxygen atoms in total. The van der Waals surface area contributed by atoms with Crippen molar-refractivity contribution in [2.45, 2.75) is 0 Å². The zero-order valence-corrected chi connectivity index (χ0v) is 13.0. The van der Waals surface area contributed by atoms with Crippen LogP contribution in [0.15, 0.2) is 64.8 Å². The topological polar surface area (TPSA) is 64.8 Å². The molecule has 2 aromatic carbocycles. The SMILES string of the molecule is O=C([O-])c1ccc(N=Nc2ccccc2)cc1.[K+]. The van der Waals surface area contributed by atoms with Crippen molar-refractivity contribution in [3.05, 3.63) is 60.2 Å². The Morgan fingerprint density at radius 1 is 0.833 bits per heavy atom. The fraction of sp³-hybridized carbons (Fsp3) is 0. The van der Waals surface area contributed by atoms with Crippen molar-refractivity contribution in [3.63, 3.8) is 0 Å². The summed E-state index contributed by atoms with van der Waals surface area (Å²) in [6.07, 6.45) is 0. The average molecular weight is 264 g/mol. The van der Waals surface area contributed by atoms with Gasteiger partial charge in [0.15, 0.2) is 0 Å². The fourth-order valence-corrected chi connectivity index (χ4v) is 1.27. The maximum absolute atomic E-state index is 10.5. The van der Waals surface area contributed by atoms with Crippen LogP contribution in [0.5, 0.6) is 0 Å². The molecule has 2 aromatic rings. The van der Waals surface area contributed by atoms with Crippen molar-refractivity contribution in [2.24, 2.45) is 10.2 Å². The van der Waals surface area contributed by atoms with Gasteiger partial charge in [0.25, 0.3) is 0 Å². The minimum Gasteiger partial charge on any atom is -0.545 e. The number of hydrogen-bond donors (Lipinski definition) is 0. The van der Waals surface area contributed by atoms with E-state index in [1.165, 1.54) is 12.1 Å². The van der Waals surface area contributed by atoms with Crippen LogP contribution in [0, 0.1) is 0 Å². The van der Waals surface area contributed by atoms with E-state index >= 15 is 0 Å². The Morgan fingerprint density at radius 3 is 1.83 bits per heavy atom. The van der Waals surface area contributed by atoms with Crippen LogP contribution in [0.1, 0.15) is 10.4 Å². The summed E-state index contributed by atoms with van der Waals surface area (Å²) in [5, 5.41) is 18.5. The van der Waals surface area contributed by atoms with Crippen molar-refractivity contribution in [1.29, 1.82) is 0 Å². The van der Waals surface area contributed by atoms with Crippen molar-refractivity contribution in [1.82, 2.24) is 0 Å². The molecule has 0 radical (unpaired) electrons. The number of aromatic carboxylic acids is 1. The van der Waals surface area contributed by atoms with E-state index in [0.717, 1.165) is 5.69 Å². The molecule has 0 aliphatic heterocycles. The molecule has 0 saturated carbocycles. The molecule has 0 aliphatic rings. The third-order valence-electron chi connectivity index (χ3n) is 2.14. The average Bonchev–Trinajstić information content (AvgIpc) is 2.38. The summed E-state index contributed by atoms with van der Waals surface area (Å²) in [6.45, 7) is 0. The van der Waals surface area contributed by atoms with Gasteiger partial charge in [0.05, 0.1) is 17.3 Å². The molecule has 2 rings (SSSR count). The molecule has 0 unspecified atom stereocenters. The Labute approximate surface area is 147 Å². The number of nitrogens with zero attached hydrogens (tertiary/aromatic N) is 2. The van der Waals surface area contributed by atoms with Gasteiger partial charge in [-0.25, -0.2) is 0 Å². The largest absolute Gasteiger partial charge is 1.00 e. The van der Waals surface area contributed by atoms with E-state index in [1.54, 1.807) is 12.1 Å². The number of hydrogen-bond acceptors (Lipinski definition) is 4. The molecular formula is C13H9KN2O2. The van der Waals surface area contributed by atoms with Crippen LogP contribution >= 0.6 is 0 Å². The maximum Gasteiger partial charge on any atom is 1.00 e. The van der Waals surface area contributed by atoms with Crippen molar-refractivity contribution in [3.8, 4) is 0 Å². The summed E-state index contributed by atoms with van der Waals surface area (Å²) in [5.74, 6) is -1.20. The quantitative estimate of drug-likeness (QED) is 0.552. The molecule has 0 heterocycles. The minimum absolute atomic E-state index is 0. The minimum atomic E-state index is -1.20. The number of carboxylic acids is 1. The van der Waals surface area contributed by atoms with Gasteiger partial charge in [0.2, 0.25) is 0 Å². The van der Waals surface area contributed by atoms with Crippen molar-refractivity contribution >= 4 is 17.3 Å². The molecule has 0 fully saturated rings. The first-order valence-electron chi connectivity index (χ1n) is 5.04. The molecule has 0 spiro atoms. The first-order valence-corrected chi connectivity index (χ1v) is 5.04. The molecule has 0 atom stereocenters. The monoisotopic (exact) mass is 264 g/mol. The van der Waals surface area contributed by atoms with Crippen molar-refractivity contribution < 1.29 is 61.3 Å². The number of carboxylic acid groups (broad SMARTS) is 1. The summed E-state index contributed by atoms with van der Waals surface area (Å²) in [5.41, 5.74) is 1.47. The van der Waals surface area contributed by atoms with Gasteiger partial charge in [-0.15, -0.1) is 0 Å². The van der Waals surface area contributed by atoms with E-state index in [1.807, 2.05) is 30.3 Å². The first kappa shape index (κ1) is 15.2. The van der Waals surface area contributed by atoms with Gasteiger partial charge in [-0.05, 0) is 29.8 Å². The Bertz CT molecular complexity index is 539. The molecule has 5 heteroatoms. The molecule has 0 aliphatic carbocycles. The van der Waals surface area contributed by atoms with E-state index in [0.29, 0.717) is 5.69 Å². The van der Waals surface area contributed by atoms with Crippen LogP contribution in [-0.4, -0.2) is 5.97 Å². The first-order chi connectivity index (χ1) is 8.25. The Morgan fingerprint density at radius 2 is 1.33 bits per heavy atom. The Hall–Kier alpha value is -0.854. The van der Waals surface area contributed by atoms with Crippen LogP contribution in [0.3, 0.4) is 0 Å². The molecule has 18 heavy (non-hydrogen) atoms. The molecule has 0 bridgehead atoms. The second-order valence-corrected chi connectivity index (χ2v) is 3.37. The second-order valence-electron chi connectivity index (χ2n) is 3.37. The van der Waals surface area contributed by atoms with Gasteiger partial charge in [0, 0.05) is 0 Å². The molecular weight excluding hydrogens is 255 g/mol. The molecule has 0 aromatic heterocycles. The third kappa shape index (κ3) is 4.43. The van der Waals surface area contributed by atoms with Gasteiger partial charge < -0.3 is 9.90 Å². The van der Waals surface area contributed by atoms with Gasteiger partial charge >= 0.3 is 51.4 Å². The van der Waals surface area contributed by atoms with Gasteiger partial charge in [-0.3, -0.25) is 0 Å². The zero-order valence-electron chi connectivity index (χ0n) is 9.91. The van der Waals surface area contributed by atoms with Gasteiger partial charge in [-0.1, -0.05) is 30.3 Å². The van der Waals surface area contributed by atoms with Crippen LogP contribution in [0.2, 0.25) is 0 Å². The van der Waals surface area contributed by atoms with Gasteiger partial charge in [0.1, 0.15) is 0 Å². The maximum atomic E-state index is 10.5. The Balaban J connectivity index is 0.00000162. The van der Waals surface area contributed by atoms with E-state index in [9.17, 15) is 9.90 Å².